The summed E-state index contributed by atoms with van der Waals surface area (Å²) in [5, 5.41) is 13.2. The molecule has 0 amide bonds. The van der Waals surface area contributed by atoms with E-state index in [-0.39, 0.29) is 0 Å². The van der Waals surface area contributed by atoms with Crippen LogP contribution in [0, 0.1) is 11.3 Å². The summed E-state index contributed by atoms with van der Waals surface area (Å²) >= 11 is 3.60. The molecule has 4 heteroatoms. The minimum atomic E-state index is 0.661. The van der Waals surface area contributed by atoms with E-state index in [9.17, 15) is 0 Å². The summed E-state index contributed by atoms with van der Waals surface area (Å²) in [5.41, 5.74) is 0. The van der Waals surface area contributed by atoms with Crippen molar-refractivity contribution in [3.63, 3.8) is 0 Å². The number of hydrogen-bond donors (Lipinski definition) is 1. The highest BCUT2D eigenvalue weighted by molar-refractivity contribution is 7.99. The van der Waals surface area contributed by atoms with Crippen LogP contribution in [-0.4, -0.2) is 17.5 Å². The van der Waals surface area contributed by atoms with Crippen LogP contribution in [0.2, 0.25) is 0 Å². The van der Waals surface area contributed by atoms with Crippen LogP contribution in [0.25, 0.3) is 0 Å². The fraction of sp³-hybridized carbons (Fsp3) is 0.615. The molecule has 0 aliphatic heterocycles. The second-order valence-electron chi connectivity index (χ2n) is 4.48. The quantitative estimate of drug-likeness (QED) is 0.907. The van der Waals surface area contributed by atoms with Crippen molar-refractivity contribution in [1.29, 1.82) is 5.26 Å². The van der Waals surface area contributed by atoms with Gasteiger partial charge in [-0.2, -0.15) is 17.0 Å². The first-order valence-electron chi connectivity index (χ1n) is 6.07. The Morgan fingerprint density at radius 3 is 3.12 bits per heavy atom. The normalized spacial score (nSPS) is 24.5. The lowest BCUT2D eigenvalue weighted by Gasteiger charge is -2.28. The standard InChI is InChI=1S/C13H18N2S2/c1-16-11-4-2-3-10(7-11)15-9-13-6-5-12(8-14)17-13/h5-6,10-11,15H,2-4,7,9H2,1H3. The molecule has 17 heavy (non-hydrogen) atoms. The van der Waals surface area contributed by atoms with Gasteiger partial charge in [-0.3, -0.25) is 0 Å². The summed E-state index contributed by atoms with van der Waals surface area (Å²) in [4.78, 5) is 2.08. The van der Waals surface area contributed by atoms with Crippen molar-refractivity contribution in [2.45, 2.75) is 43.5 Å². The number of nitriles is 1. The van der Waals surface area contributed by atoms with Gasteiger partial charge >= 0.3 is 0 Å². The van der Waals surface area contributed by atoms with Gasteiger partial charge in [0.25, 0.3) is 0 Å². The van der Waals surface area contributed by atoms with Gasteiger partial charge in [-0.05, 0) is 37.7 Å². The number of hydrogen-bond acceptors (Lipinski definition) is 4. The molecule has 1 aliphatic rings. The molecule has 0 saturated heterocycles. The van der Waals surface area contributed by atoms with Crippen LogP contribution in [0.5, 0.6) is 0 Å². The molecular formula is C13H18N2S2. The second kappa shape index (κ2) is 6.44. The maximum absolute atomic E-state index is 8.77. The summed E-state index contributed by atoms with van der Waals surface area (Å²) in [5.74, 6) is 0. The molecule has 2 nitrogen and oxygen atoms in total. The minimum Gasteiger partial charge on any atom is -0.309 e. The van der Waals surface area contributed by atoms with Crippen molar-refractivity contribution in [3.8, 4) is 6.07 Å². The lowest BCUT2D eigenvalue weighted by atomic mass is 9.95. The predicted molar refractivity (Wildman–Crippen MR) is 75.4 cm³/mol. The Morgan fingerprint density at radius 2 is 2.41 bits per heavy atom. The molecule has 0 aromatic carbocycles. The maximum Gasteiger partial charge on any atom is 0.110 e. The summed E-state index contributed by atoms with van der Waals surface area (Å²) in [6.45, 7) is 0.915. The van der Waals surface area contributed by atoms with E-state index in [1.165, 1.54) is 30.6 Å². The van der Waals surface area contributed by atoms with Gasteiger partial charge in [-0.25, -0.2) is 0 Å². The van der Waals surface area contributed by atoms with Gasteiger partial charge in [-0.1, -0.05) is 6.42 Å². The highest BCUT2D eigenvalue weighted by Crippen LogP contribution is 2.27. The smallest absolute Gasteiger partial charge is 0.110 e. The highest BCUT2D eigenvalue weighted by atomic mass is 32.2. The molecule has 0 radical (unpaired) electrons. The third kappa shape index (κ3) is 3.74. The van der Waals surface area contributed by atoms with Crippen LogP contribution in [0.1, 0.15) is 35.4 Å². The van der Waals surface area contributed by atoms with Crippen molar-refractivity contribution in [2.75, 3.05) is 6.26 Å². The van der Waals surface area contributed by atoms with Crippen molar-refractivity contribution >= 4 is 23.1 Å². The molecule has 92 valence electrons. The molecule has 1 saturated carbocycles. The monoisotopic (exact) mass is 266 g/mol. The third-order valence-corrected chi connectivity index (χ3v) is 5.38. The number of thiophene rings is 1. The van der Waals surface area contributed by atoms with Crippen LogP contribution in [0.15, 0.2) is 12.1 Å². The van der Waals surface area contributed by atoms with Crippen molar-refractivity contribution in [3.05, 3.63) is 21.9 Å². The van der Waals surface area contributed by atoms with E-state index in [4.69, 9.17) is 5.26 Å². The predicted octanol–water partition coefficient (Wildman–Crippen LogP) is 3.38. The van der Waals surface area contributed by atoms with E-state index >= 15 is 0 Å². The number of nitrogens with zero attached hydrogens (tertiary/aromatic N) is 1. The Bertz CT molecular complexity index is 394. The molecule has 2 unspecified atom stereocenters. The SMILES string of the molecule is CSC1CCCC(NCc2ccc(C#N)s2)C1. The minimum absolute atomic E-state index is 0.661. The maximum atomic E-state index is 8.77. The fourth-order valence-corrected chi connectivity index (χ4v) is 3.91. The first-order chi connectivity index (χ1) is 8.31. The molecule has 0 bridgehead atoms. The zero-order valence-electron chi connectivity index (χ0n) is 10.1. The number of rotatable bonds is 4. The zero-order valence-corrected chi connectivity index (χ0v) is 11.7. The third-order valence-electron chi connectivity index (χ3n) is 3.30. The molecule has 1 heterocycles. The molecule has 1 aromatic rings. The Morgan fingerprint density at radius 1 is 1.53 bits per heavy atom. The van der Waals surface area contributed by atoms with E-state index in [2.05, 4.69) is 23.7 Å². The van der Waals surface area contributed by atoms with E-state index in [1.54, 1.807) is 11.3 Å². The molecule has 0 spiro atoms. The van der Waals surface area contributed by atoms with Gasteiger partial charge in [0, 0.05) is 22.7 Å². The largest absolute Gasteiger partial charge is 0.309 e. The molecule has 1 fully saturated rings. The van der Waals surface area contributed by atoms with Crippen LogP contribution >= 0.6 is 23.1 Å². The average molecular weight is 266 g/mol. The van der Waals surface area contributed by atoms with E-state index < -0.39 is 0 Å². The Hall–Kier alpha value is -0.500. The summed E-state index contributed by atoms with van der Waals surface area (Å²) < 4.78 is 0. The summed E-state index contributed by atoms with van der Waals surface area (Å²) in [6, 6.07) is 6.82. The van der Waals surface area contributed by atoms with Crippen LogP contribution in [0.4, 0.5) is 0 Å². The fourth-order valence-electron chi connectivity index (χ4n) is 2.32. The molecule has 1 aliphatic carbocycles. The highest BCUT2D eigenvalue weighted by Gasteiger charge is 2.20. The van der Waals surface area contributed by atoms with Gasteiger partial charge in [-0.15, -0.1) is 11.3 Å². The van der Waals surface area contributed by atoms with Gasteiger partial charge in [0.2, 0.25) is 0 Å². The van der Waals surface area contributed by atoms with E-state index in [0.717, 1.165) is 16.7 Å². The Labute approximate surface area is 111 Å². The lowest BCUT2D eigenvalue weighted by Crippen LogP contribution is -2.34. The molecule has 1 N–H and O–H groups in total. The van der Waals surface area contributed by atoms with Gasteiger partial charge in [0.1, 0.15) is 10.9 Å². The summed E-state index contributed by atoms with van der Waals surface area (Å²) in [7, 11) is 0. The topological polar surface area (TPSA) is 35.8 Å². The van der Waals surface area contributed by atoms with Gasteiger partial charge < -0.3 is 5.32 Å². The van der Waals surface area contributed by atoms with Crippen molar-refractivity contribution in [1.82, 2.24) is 5.32 Å². The Balaban J connectivity index is 1.79. The van der Waals surface area contributed by atoms with Crippen LogP contribution < -0.4 is 5.32 Å². The number of nitrogens with one attached hydrogen (secondary N) is 1. The molecule has 2 atom stereocenters. The van der Waals surface area contributed by atoms with Crippen LogP contribution in [-0.2, 0) is 6.54 Å². The first kappa shape index (κ1) is 12.9. The van der Waals surface area contributed by atoms with Crippen molar-refractivity contribution in [2.24, 2.45) is 0 Å². The molecule has 1 aromatic heterocycles. The zero-order chi connectivity index (χ0) is 12.1. The van der Waals surface area contributed by atoms with E-state index in [0.29, 0.717) is 6.04 Å². The van der Waals surface area contributed by atoms with Crippen molar-refractivity contribution < 1.29 is 0 Å². The second-order valence-corrected chi connectivity index (χ2v) is 6.79. The Kier molecular flexibility index (Phi) is 4.90. The van der Waals surface area contributed by atoms with E-state index in [1.807, 2.05) is 17.8 Å². The molecule has 2 rings (SSSR count). The average Bonchev–Trinajstić information content (AvgIpc) is 2.84. The summed E-state index contributed by atoms with van der Waals surface area (Å²) in [6.07, 6.45) is 7.52. The van der Waals surface area contributed by atoms with Gasteiger partial charge in [0.05, 0.1) is 0 Å². The van der Waals surface area contributed by atoms with Gasteiger partial charge in [0.15, 0.2) is 0 Å². The van der Waals surface area contributed by atoms with Crippen LogP contribution in [0.3, 0.4) is 0 Å². The lowest BCUT2D eigenvalue weighted by molar-refractivity contribution is 0.381. The first-order valence-corrected chi connectivity index (χ1v) is 8.17. The number of thioether (sulfide) groups is 1. The molecular weight excluding hydrogens is 248 g/mol.